The Kier molecular flexibility index (Phi) is 4.66. The summed E-state index contributed by atoms with van der Waals surface area (Å²) in [5.41, 5.74) is 1.10. The molecule has 0 N–H and O–H groups in total. The zero-order valence-corrected chi connectivity index (χ0v) is 14.0. The molecule has 3 rings (SSSR count). The van der Waals surface area contributed by atoms with Gasteiger partial charge in [0.25, 0.3) is 5.56 Å². The van der Waals surface area contributed by atoms with Gasteiger partial charge in [-0.2, -0.15) is 0 Å². The van der Waals surface area contributed by atoms with E-state index in [1.54, 1.807) is 19.2 Å². The molecule has 0 spiro atoms. The molecule has 1 aliphatic heterocycles. The molecule has 2 aromatic rings. The van der Waals surface area contributed by atoms with Gasteiger partial charge in [-0.05, 0) is 43.5 Å². The van der Waals surface area contributed by atoms with Crippen molar-refractivity contribution in [2.45, 2.75) is 31.8 Å². The van der Waals surface area contributed by atoms with E-state index >= 15 is 0 Å². The number of aromatic nitrogens is 2. The molecule has 1 saturated heterocycles. The van der Waals surface area contributed by atoms with Crippen molar-refractivity contribution >= 4 is 0 Å². The highest BCUT2D eigenvalue weighted by atomic mass is 19.1. The van der Waals surface area contributed by atoms with E-state index in [4.69, 9.17) is 0 Å². The second kappa shape index (κ2) is 6.73. The van der Waals surface area contributed by atoms with E-state index in [0.29, 0.717) is 18.3 Å². The van der Waals surface area contributed by atoms with Gasteiger partial charge in [-0.15, -0.1) is 0 Å². The monoisotopic (exact) mass is 331 g/mol. The Morgan fingerprint density at radius 2 is 1.96 bits per heavy atom. The van der Waals surface area contributed by atoms with Crippen molar-refractivity contribution < 1.29 is 4.39 Å². The van der Waals surface area contributed by atoms with Crippen molar-refractivity contribution in [2.24, 2.45) is 14.1 Å². The molecule has 0 bridgehead atoms. The molecule has 6 heteroatoms. The highest BCUT2D eigenvalue weighted by Crippen LogP contribution is 2.23. The Morgan fingerprint density at radius 3 is 2.71 bits per heavy atom. The van der Waals surface area contributed by atoms with Crippen LogP contribution in [0.2, 0.25) is 0 Å². The Hall–Kier alpha value is -2.21. The number of hydrogen-bond acceptors (Lipinski definition) is 3. The first-order valence-electron chi connectivity index (χ1n) is 8.20. The SMILES string of the molecule is Cn1c(CN2CCC[C@@H]2Cc2cccc(F)c2)cc(=O)n(C)c1=O. The fourth-order valence-corrected chi connectivity index (χ4v) is 3.41. The number of likely N-dealkylation sites (tertiary alicyclic amines) is 1. The van der Waals surface area contributed by atoms with Gasteiger partial charge in [0.05, 0.1) is 0 Å². The maximum atomic E-state index is 13.4. The second-order valence-electron chi connectivity index (χ2n) is 6.48. The highest BCUT2D eigenvalue weighted by molar-refractivity contribution is 5.18. The van der Waals surface area contributed by atoms with Crippen LogP contribution in [0.1, 0.15) is 24.1 Å². The quantitative estimate of drug-likeness (QED) is 0.851. The average Bonchev–Trinajstić information content (AvgIpc) is 2.97. The molecule has 1 atom stereocenters. The van der Waals surface area contributed by atoms with Gasteiger partial charge in [-0.25, -0.2) is 9.18 Å². The molecule has 0 radical (unpaired) electrons. The van der Waals surface area contributed by atoms with Gasteiger partial charge in [-0.3, -0.25) is 18.8 Å². The molecular formula is C18H22FN3O2. The Balaban J connectivity index is 1.80. The van der Waals surface area contributed by atoms with Crippen molar-refractivity contribution in [3.63, 3.8) is 0 Å². The van der Waals surface area contributed by atoms with E-state index in [0.717, 1.165) is 35.9 Å². The molecule has 0 aliphatic carbocycles. The van der Waals surface area contributed by atoms with Crippen LogP contribution >= 0.6 is 0 Å². The summed E-state index contributed by atoms with van der Waals surface area (Å²) in [4.78, 5) is 26.2. The molecule has 1 fully saturated rings. The van der Waals surface area contributed by atoms with E-state index in [2.05, 4.69) is 4.90 Å². The average molecular weight is 331 g/mol. The van der Waals surface area contributed by atoms with Crippen LogP contribution < -0.4 is 11.2 Å². The molecule has 128 valence electrons. The van der Waals surface area contributed by atoms with Crippen LogP contribution in [0.25, 0.3) is 0 Å². The third-order valence-corrected chi connectivity index (χ3v) is 4.85. The summed E-state index contributed by atoms with van der Waals surface area (Å²) in [7, 11) is 3.17. The van der Waals surface area contributed by atoms with Gasteiger partial charge in [0.1, 0.15) is 5.82 Å². The molecule has 0 unspecified atom stereocenters. The lowest BCUT2D eigenvalue weighted by Crippen LogP contribution is -2.40. The number of nitrogens with zero attached hydrogens (tertiary/aromatic N) is 3. The van der Waals surface area contributed by atoms with Crippen LogP contribution in [0.5, 0.6) is 0 Å². The summed E-state index contributed by atoms with van der Waals surface area (Å²) in [6.45, 7) is 1.48. The Bertz CT molecular complexity index is 856. The minimum Gasteiger partial charge on any atom is -0.299 e. The molecule has 0 amide bonds. The van der Waals surface area contributed by atoms with Crippen molar-refractivity contribution in [3.05, 3.63) is 68.2 Å². The third kappa shape index (κ3) is 3.33. The lowest BCUT2D eigenvalue weighted by Gasteiger charge is -2.25. The zero-order valence-electron chi connectivity index (χ0n) is 14.0. The van der Waals surface area contributed by atoms with E-state index in [1.807, 2.05) is 6.07 Å². The summed E-state index contributed by atoms with van der Waals surface area (Å²) >= 11 is 0. The first-order chi connectivity index (χ1) is 11.5. The number of benzene rings is 1. The standard InChI is InChI=1S/C18H22FN3O2/c1-20-16(11-17(23)21(2)18(20)24)12-22-8-4-7-15(22)10-13-5-3-6-14(19)9-13/h3,5-6,9,11,15H,4,7-8,10,12H2,1-2H3/t15-/m1/s1. The second-order valence-corrected chi connectivity index (χ2v) is 6.48. The van der Waals surface area contributed by atoms with Crippen molar-refractivity contribution in [1.29, 1.82) is 0 Å². The van der Waals surface area contributed by atoms with Gasteiger partial charge in [0.15, 0.2) is 0 Å². The lowest BCUT2D eigenvalue weighted by atomic mass is 10.0. The topological polar surface area (TPSA) is 47.2 Å². The van der Waals surface area contributed by atoms with Crippen LogP contribution in [0.4, 0.5) is 4.39 Å². The summed E-state index contributed by atoms with van der Waals surface area (Å²) in [6, 6.07) is 8.52. The van der Waals surface area contributed by atoms with Crippen LogP contribution in [-0.2, 0) is 27.1 Å². The van der Waals surface area contributed by atoms with Crippen molar-refractivity contribution in [1.82, 2.24) is 14.0 Å². The van der Waals surface area contributed by atoms with Crippen LogP contribution in [0, 0.1) is 5.82 Å². The molecule has 0 saturated carbocycles. The molecule has 1 aromatic heterocycles. The maximum Gasteiger partial charge on any atom is 0.330 e. The van der Waals surface area contributed by atoms with Crippen molar-refractivity contribution in [2.75, 3.05) is 6.54 Å². The van der Waals surface area contributed by atoms with Gasteiger partial charge in [0.2, 0.25) is 0 Å². The largest absolute Gasteiger partial charge is 0.330 e. The summed E-state index contributed by atoms with van der Waals surface area (Å²) in [5, 5.41) is 0. The maximum absolute atomic E-state index is 13.4. The fourth-order valence-electron chi connectivity index (χ4n) is 3.41. The predicted molar refractivity (Wildman–Crippen MR) is 90.5 cm³/mol. The predicted octanol–water partition coefficient (Wildman–Crippen LogP) is 1.43. The Morgan fingerprint density at radius 1 is 1.17 bits per heavy atom. The molecule has 1 aliphatic rings. The van der Waals surface area contributed by atoms with E-state index in [9.17, 15) is 14.0 Å². The Labute approximate surface area is 140 Å². The lowest BCUT2D eigenvalue weighted by molar-refractivity contribution is 0.237. The van der Waals surface area contributed by atoms with Crippen LogP contribution in [0.3, 0.4) is 0 Å². The number of hydrogen-bond donors (Lipinski definition) is 0. The first kappa shape index (κ1) is 16.6. The highest BCUT2D eigenvalue weighted by Gasteiger charge is 2.25. The first-order valence-corrected chi connectivity index (χ1v) is 8.20. The summed E-state index contributed by atoms with van der Waals surface area (Å²) in [6.07, 6.45) is 2.88. The zero-order chi connectivity index (χ0) is 17.3. The third-order valence-electron chi connectivity index (χ3n) is 4.85. The van der Waals surface area contributed by atoms with Gasteiger partial charge >= 0.3 is 5.69 Å². The smallest absolute Gasteiger partial charge is 0.299 e. The number of halogens is 1. The normalized spacial score (nSPS) is 18.2. The van der Waals surface area contributed by atoms with E-state index in [-0.39, 0.29) is 17.1 Å². The number of rotatable bonds is 4. The van der Waals surface area contributed by atoms with Gasteiger partial charge < -0.3 is 0 Å². The van der Waals surface area contributed by atoms with Crippen molar-refractivity contribution in [3.8, 4) is 0 Å². The molecule has 5 nitrogen and oxygen atoms in total. The van der Waals surface area contributed by atoms with E-state index in [1.165, 1.54) is 23.7 Å². The van der Waals surface area contributed by atoms with E-state index < -0.39 is 0 Å². The van der Waals surface area contributed by atoms with Crippen LogP contribution in [0.15, 0.2) is 39.9 Å². The van der Waals surface area contributed by atoms with Crippen LogP contribution in [-0.4, -0.2) is 26.6 Å². The minimum absolute atomic E-state index is 0.217. The summed E-state index contributed by atoms with van der Waals surface area (Å²) in [5.74, 6) is -0.217. The van der Waals surface area contributed by atoms with Gasteiger partial charge in [-0.1, -0.05) is 12.1 Å². The molecular weight excluding hydrogens is 309 g/mol. The molecule has 1 aromatic carbocycles. The molecule has 24 heavy (non-hydrogen) atoms. The van der Waals surface area contributed by atoms with Gasteiger partial charge in [0, 0.05) is 38.4 Å². The summed E-state index contributed by atoms with van der Waals surface area (Å²) < 4.78 is 16.0. The fraction of sp³-hybridized carbons (Fsp3) is 0.444. The molecule has 2 heterocycles. The minimum atomic E-state index is -0.307.